The fourth-order valence-corrected chi connectivity index (χ4v) is 1.47. The van der Waals surface area contributed by atoms with Gasteiger partial charge in [0.15, 0.2) is 0 Å². The van der Waals surface area contributed by atoms with Crippen molar-refractivity contribution in [3.05, 3.63) is 47.8 Å². The second kappa shape index (κ2) is 3.69. The molecule has 2 rings (SSSR count). The zero-order valence-corrected chi connectivity index (χ0v) is 8.37. The first-order valence-electron chi connectivity index (χ1n) is 4.66. The predicted octanol–water partition coefficient (Wildman–Crippen LogP) is 2.78. The Bertz CT molecular complexity index is 495. The molecule has 0 fully saturated rings. The lowest BCUT2D eigenvalue weighted by Gasteiger charge is -2.06. The molecule has 0 aliphatic carbocycles. The predicted molar refractivity (Wildman–Crippen MR) is 58.8 cm³/mol. The Kier molecular flexibility index (Phi) is 2.37. The van der Waals surface area contributed by atoms with Crippen LogP contribution in [0.25, 0.3) is 11.3 Å². The first-order valence-corrected chi connectivity index (χ1v) is 4.66. The zero-order valence-electron chi connectivity index (χ0n) is 8.37. The average Bonchev–Trinajstić information content (AvgIpc) is 2.23. The molecule has 76 valence electrons. The Balaban J connectivity index is 2.64. The minimum Gasteiger partial charge on any atom is -0.384 e. The third kappa shape index (κ3) is 1.81. The van der Waals surface area contributed by atoms with E-state index in [0.29, 0.717) is 17.1 Å². The van der Waals surface area contributed by atoms with Gasteiger partial charge in [-0.05, 0) is 30.7 Å². The quantitative estimate of drug-likeness (QED) is 0.772. The summed E-state index contributed by atoms with van der Waals surface area (Å²) in [6.45, 7) is 1.88. The lowest BCUT2D eigenvalue weighted by Crippen LogP contribution is -1.96. The molecule has 0 radical (unpaired) electrons. The number of aryl methyl sites for hydroxylation is 1. The molecule has 1 aromatic carbocycles. The number of aromatic nitrogens is 1. The molecule has 15 heavy (non-hydrogen) atoms. The number of nitrogens with zero attached hydrogens (tertiary/aromatic N) is 1. The smallest absolute Gasteiger partial charge is 0.132 e. The number of pyridine rings is 1. The van der Waals surface area contributed by atoms with Gasteiger partial charge in [0.1, 0.15) is 11.6 Å². The monoisotopic (exact) mass is 202 g/mol. The van der Waals surface area contributed by atoms with Gasteiger partial charge in [-0.15, -0.1) is 0 Å². The standard InChI is InChI=1S/C12H11FN2/c1-8-6-7-11(14)15-12(8)9-4-2-3-5-10(9)13/h2-7H,1H3,(H2,14,15). The first kappa shape index (κ1) is 9.65. The topological polar surface area (TPSA) is 38.9 Å². The molecule has 0 saturated carbocycles. The summed E-state index contributed by atoms with van der Waals surface area (Å²) < 4.78 is 13.5. The van der Waals surface area contributed by atoms with Crippen LogP contribution in [0.15, 0.2) is 36.4 Å². The number of benzene rings is 1. The van der Waals surface area contributed by atoms with Crippen molar-refractivity contribution in [1.29, 1.82) is 0 Å². The minimum atomic E-state index is -0.279. The molecule has 2 aromatic rings. The summed E-state index contributed by atoms with van der Waals surface area (Å²) in [7, 11) is 0. The molecule has 0 atom stereocenters. The molecular formula is C12H11FN2. The Labute approximate surface area is 87.6 Å². The third-order valence-electron chi connectivity index (χ3n) is 2.25. The van der Waals surface area contributed by atoms with Crippen LogP contribution in [0.2, 0.25) is 0 Å². The number of hydrogen-bond acceptors (Lipinski definition) is 2. The van der Waals surface area contributed by atoms with Gasteiger partial charge < -0.3 is 5.73 Å². The SMILES string of the molecule is Cc1ccc(N)nc1-c1ccccc1F. The van der Waals surface area contributed by atoms with E-state index in [0.717, 1.165) is 5.56 Å². The summed E-state index contributed by atoms with van der Waals surface area (Å²) in [5, 5.41) is 0. The molecule has 1 aromatic heterocycles. The van der Waals surface area contributed by atoms with Crippen molar-refractivity contribution in [2.45, 2.75) is 6.92 Å². The van der Waals surface area contributed by atoms with Crippen molar-refractivity contribution < 1.29 is 4.39 Å². The largest absolute Gasteiger partial charge is 0.384 e. The first-order chi connectivity index (χ1) is 7.18. The summed E-state index contributed by atoms with van der Waals surface area (Å²) in [5.74, 6) is 0.123. The van der Waals surface area contributed by atoms with E-state index in [1.54, 1.807) is 24.3 Å². The van der Waals surface area contributed by atoms with Crippen LogP contribution in [-0.2, 0) is 0 Å². The van der Waals surface area contributed by atoms with Crippen LogP contribution >= 0.6 is 0 Å². The summed E-state index contributed by atoms with van der Waals surface area (Å²) in [6, 6.07) is 10.1. The molecule has 0 spiro atoms. The lowest BCUT2D eigenvalue weighted by atomic mass is 10.1. The van der Waals surface area contributed by atoms with Crippen molar-refractivity contribution in [2.75, 3.05) is 5.73 Å². The van der Waals surface area contributed by atoms with Crippen LogP contribution < -0.4 is 5.73 Å². The second-order valence-corrected chi connectivity index (χ2v) is 3.38. The number of hydrogen-bond donors (Lipinski definition) is 1. The summed E-state index contributed by atoms with van der Waals surface area (Å²) >= 11 is 0. The Morgan fingerprint density at radius 3 is 2.60 bits per heavy atom. The number of halogens is 1. The number of nitrogens with two attached hydrogens (primary N) is 1. The van der Waals surface area contributed by atoms with Gasteiger partial charge in [-0.3, -0.25) is 0 Å². The van der Waals surface area contributed by atoms with Crippen LogP contribution in [0, 0.1) is 12.7 Å². The summed E-state index contributed by atoms with van der Waals surface area (Å²) in [4.78, 5) is 4.14. The van der Waals surface area contributed by atoms with E-state index >= 15 is 0 Å². The van der Waals surface area contributed by atoms with Gasteiger partial charge in [0.25, 0.3) is 0 Å². The van der Waals surface area contributed by atoms with Crippen molar-refractivity contribution in [3.8, 4) is 11.3 Å². The van der Waals surface area contributed by atoms with Gasteiger partial charge in [0, 0.05) is 5.56 Å². The third-order valence-corrected chi connectivity index (χ3v) is 2.25. The maximum atomic E-state index is 13.5. The van der Waals surface area contributed by atoms with Crippen molar-refractivity contribution in [3.63, 3.8) is 0 Å². The number of nitrogen functional groups attached to an aromatic ring is 1. The fourth-order valence-electron chi connectivity index (χ4n) is 1.47. The van der Waals surface area contributed by atoms with Crippen LogP contribution in [0.1, 0.15) is 5.56 Å². The van der Waals surface area contributed by atoms with E-state index in [-0.39, 0.29) is 5.82 Å². The van der Waals surface area contributed by atoms with Gasteiger partial charge in [0.05, 0.1) is 5.69 Å². The normalized spacial score (nSPS) is 10.3. The van der Waals surface area contributed by atoms with Crippen molar-refractivity contribution >= 4 is 5.82 Å². The molecular weight excluding hydrogens is 191 g/mol. The number of anilines is 1. The fraction of sp³-hybridized carbons (Fsp3) is 0.0833. The van der Waals surface area contributed by atoms with Crippen LogP contribution in [0.3, 0.4) is 0 Å². The van der Waals surface area contributed by atoms with Crippen LogP contribution in [0.5, 0.6) is 0 Å². The number of rotatable bonds is 1. The maximum Gasteiger partial charge on any atom is 0.132 e. The van der Waals surface area contributed by atoms with Crippen molar-refractivity contribution in [2.24, 2.45) is 0 Å². The second-order valence-electron chi connectivity index (χ2n) is 3.38. The van der Waals surface area contributed by atoms with Gasteiger partial charge in [0.2, 0.25) is 0 Å². The molecule has 3 heteroatoms. The van der Waals surface area contributed by atoms with E-state index in [1.807, 2.05) is 13.0 Å². The van der Waals surface area contributed by atoms with Gasteiger partial charge in [-0.25, -0.2) is 9.37 Å². The molecule has 0 amide bonds. The highest BCUT2D eigenvalue weighted by atomic mass is 19.1. The van der Waals surface area contributed by atoms with Crippen LogP contribution in [0.4, 0.5) is 10.2 Å². The average molecular weight is 202 g/mol. The lowest BCUT2D eigenvalue weighted by molar-refractivity contribution is 0.630. The molecule has 0 aliphatic heterocycles. The highest BCUT2D eigenvalue weighted by molar-refractivity contribution is 5.65. The van der Waals surface area contributed by atoms with Crippen molar-refractivity contribution in [1.82, 2.24) is 4.98 Å². The van der Waals surface area contributed by atoms with Gasteiger partial charge in [-0.1, -0.05) is 18.2 Å². The van der Waals surface area contributed by atoms with Gasteiger partial charge in [-0.2, -0.15) is 0 Å². The highest BCUT2D eigenvalue weighted by Gasteiger charge is 2.08. The Morgan fingerprint density at radius 2 is 1.87 bits per heavy atom. The van der Waals surface area contributed by atoms with E-state index in [2.05, 4.69) is 4.98 Å². The van der Waals surface area contributed by atoms with E-state index < -0.39 is 0 Å². The van der Waals surface area contributed by atoms with E-state index in [1.165, 1.54) is 6.07 Å². The summed E-state index contributed by atoms with van der Waals surface area (Å²) in [5.41, 5.74) is 7.59. The molecule has 0 aliphatic rings. The molecule has 1 heterocycles. The molecule has 0 bridgehead atoms. The summed E-state index contributed by atoms with van der Waals surface area (Å²) in [6.07, 6.45) is 0. The Morgan fingerprint density at radius 1 is 1.13 bits per heavy atom. The molecule has 2 N–H and O–H groups in total. The van der Waals surface area contributed by atoms with Gasteiger partial charge >= 0.3 is 0 Å². The van der Waals surface area contributed by atoms with E-state index in [4.69, 9.17) is 5.73 Å². The Hall–Kier alpha value is -1.90. The maximum absolute atomic E-state index is 13.5. The van der Waals surface area contributed by atoms with E-state index in [9.17, 15) is 4.39 Å². The highest BCUT2D eigenvalue weighted by Crippen LogP contribution is 2.24. The molecule has 0 unspecified atom stereocenters. The molecule has 2 nitrogen and oxygen atoms in total. The minimum absolute atomic E-state index is 0.279. The van der Waals surface area contributed by atoms with Crippen LogP contribution in [-0.4, -0.2) is 4.98 Å². The molecule has 0 saturated heterocycles. The zero-order chi connectivity index (χ0) is 10.8.